The fourth-order valence-corrected chi connectivity index (χ4v) is 5.32. The largest absolute Gasteiger partial charge is 0.495 e. The molecule has 0 aromatic heterocycles. The van der Waals surface area contributed by atoms with Crippen molar-refractivity contribution in [3.8, 4) is 11.5 Å². The predicted molar refractivity (Wildman–Crippen MR) is 125 cm³/mol. The molecule has 1 saturated heterocycles. The van der Waals surface area contributed by atoms with E-state index in [1.54, 1.807) is 24.1 Å². The van der Waals surface area contributed by atoms with Crippen LogP contribution in [0.3, 0.4) is 0 Å². The molecule has 1 aliphatic rings. The van der Waals surface area contributed by atoms with E-state index < -0.39 is 10.0 Å². The van der Waals surface area contributed by atoms with Crippen LogP contribution in [0.4, 0.5) is 0 Å². The average molecular weight is 477 g/mol. The normalized spacial score (nSPS) is 14.7. The number of hydrogen-bond acceptors (Lipinski definition) is 6. The number of hydrogen-bond donors (Lipinski definition) is 0. The number of ether oxygens (including phenoxy) is 3. The lowest BCUT2D eigenvalue weighted by Gasteiger charge is -2.27. The first-order chi connectivity index (χ1) is 15.7. The summed E-state index contributed by atoms with van der Waals surface area (Å²) >= 11 is 0. The number of aryl methyl sites for hydroxylation is 2. The number of methoxy groups -OCH3 is 1. The first kappa shape index (κ1) is 25.0. The summed E-state index contributed by atoms with van der Waals surface area (Å²) in [4.78, 5) is 14.4. The molecule has 180 valence electrons. The molecule has 1 fully saturated rings. The fourth-order valence-electron chi connectivity index (χ4n) is 3.71. The molecule has 9 heteroatoms. The minimum Gasteiger partial charge on any atom is -0.495 e. The Bertz CT molecular complexity index is 1060. The van der Waals surface area contributed by atoms with Crippen LogP contribution in [0.25, 0.3) is 0 Å². The van der Waals surface area contributed by atoms with Gasteiger partial charge in [-0.15, -0.1) is 0 Å². The van der Waals surface area contributed by atoms with Gasteiger partial charge < -0.3 is 19.1 Å². The highest BCUT2D eigenvalue weighted by atomic mass is 32.2. The minimum atomic E-state index is -3.75. The van der Waals surface area contributed by atoms with Gasteiger partial charge in [0, 0.05) is 20.1 Å². The molecule has 0 spiro atoms. The van der Waals surface area contributed by atoms with E-state index in [2.05, 4.69) is 6.07 Å². The second kappa shape index (κ2) is 11.0. The maximum absolute atomic E-state index is 13.1. The van der Waals surface area contributed by atoms with E-state index in [-0.39, 0.29) is 36.1 Å². The molecule has 8 nitrogen and oxygen atoms in total. The minimum absolute atomic E-state index is 0.0676. The van der Waals surface area contributed by atoms with E-state index in [0.29, 0.717) is 31.9 Å². The molecule has 1 amide bonds. The van der Waals surface area contributed by atoms with Crippen molar-refractivity contribution >= 4 is 15.9 Å². The molecule has 1 heterocycles. The van der Waals surface area contributed by atoms with Gasteiger partial charge in [-0.05, 0) is 54.8 Å². The Kier molecular flexibility index (Phi) is 8.34. The number of carbonyl (C=O) groups is 1. The smallest absolute Gasteiger partial charge is 0.246 e. The number of likely N-dealkylation sites (N-methyl/N-ethyl adjacent to an activating group) is 1. The van der Waals surface area contributed by atoms with Crippen molar-refractivity contribution in [3.63, 3.8) is 0 Å². The Hall–Kier alpha value is -2.62. The lowest BCUT2D eigenvalue weighted by Crippen LogP contribution is -2.40. The van der Waals surface area contributed by atoms with Crippen LogP contribution in [0, 0.1) is 13.8 Å². The second-order valence-electron chi connectivity index (χ2n) is 8.17. The van der Waals surface area contributed by atoms with E-state index >= 15 is 0 Å². The fraction of sp³-hybridized carbons (Fsp3) is 0.458. The van der Waals surface area contributed by atoms with Gasteiger partial charge >= 0.3 is 0 Å². The van der Waals surface area contributed by atoms with Gasteiger partial charge in [0.1, 0.15) is 23.0 Å². The summed E-state index contributed by atoms with van der Waals surface area (Å²) in [5.41, 5.74) is 2.85. The molecule has 0 atom stereocenters. The zero-order valence-electron chi connectivity index (χ0n) is 19.7. The maximum Gasteiger partial charge on any atom is 0.246 e. The van der Waals surface area contributed by atoms with Crippen LogP contribution in [0.1, 0.15) is 16.7 Å². The summed E-state index contributed by atoms with van der Waals surface area (Å²) in [5.74, 6) is 0.910. The van der Waals surface area contributed by atoms with Gasteiger partial charge in [-0.1, -0.05) is 12.1 Å². The zero-order chi connectivity index (χ0) is 24.0. The molecule has 2 aromatic carbocycles. The molecule has 33 heavy (non-hydrogen) atoms. The Morgan fingerprint density at radius 3 is 2.39 bits per heavy atom. The average Bonchev–Trinajstić information content (AvgIpc) is 2.79. The molecule has 1 aliphatic heterocycles. The third kappa shape index (κ3) is 6.46. The summed E-state index contributed by atoms with van der Waals surface area (Å²) in [6.07, 6.45) is 0.0790. The van der Waals surface area contributed by atoms with Crippen molar-refractivity contribution in [1.29, 1.82) is 0 Å². The Morgan fingerprint density at radius 1 is 1.09 bits per heavy atom. The number of morpholine rings is 1. The number of amides is 1. The van der Waals surface area contributed by atoms with E-state index in [1.165, 1.54) is 17.5 Å². The summed E-state index contributed by atoms with van der Waals surface area (Å²) in [7, 11) is -0.609. The molecule has 0 unspecified atom stereocenters. The van der Waals surface area contributed by atoms with Gasteiger partial charge in [0.15, 0.2) is 0 Å². The van der Waals surface area contributed by atoms with E-state index in [0.717, 1.165) is 16.9 Å². The van der Waals surface area contributed by atoms with Crippen molar-refractivity contribution in [2.24, 2.45) is 0 Å². The molecule has 2 aromatic rings. The van der Waals surface area contributed by atoms with Crippen LogP contribution in [0.2, 0.25) is 0 Å². The Morgan fingerprint density at radius 2 is 1.76 bits per heavy atom. The summed E-state index contributed by atoms with van der Waals surface area (Å²) in [6, 6.07) is 10.8. The highest BCUT2D eigenvalue weighted by Gasteiger charge is 2.29. The first-order valence-electron chi connectivity index (χ1n) is 10.9. The molecular formula is C24H32N2O6S. The summed E-state index contributed by atoms with van der Waals surface area (Å²) in [5, 5.41) is 0. The monoisotopic (exact) mass is 476 g/mol. The van der Waals surface area contributed by atoms with Crippen LogP contribution in [-0.2, 0) is 26.0 Å². The number of rotatable bonds is 9. The van der Waals surface area contributed by atoms with Crippen LogP contribution in [-0.4, -0.2) is 77.1 Å². The van der Waals surface area contributed by atoms with Crippen molar-refractivity contribution in [2.45, 2.75) is 25.2 Å². The maximum atomic E-state index is 13.1. The summed E-state index contributed by atoms with van der Waals surface area (Å²) in [6.45, 7) is 6.10. The van der Waals surface area contributed by atoms with Crippen molar-refractivity contribution in [1.82, 2.24) is 9.21 Å². The number of carbonyl (C=O) groups excluding carboxylic acids is 1. The quantitative estimate of drug-likeness (QED) is 0.553. The van der Waals surface area contributed by atoms with Crippen LogP contribution >= 0.6 is 0 Å². The molecule has 0 N–H and O–H groups in total. The molecule has 0 bridgehead atoms. The van der Waals surface area contributed by atoms with Gasteiger partial charge in [0.2, 0.25) is 15.9 Å². The third-order valence-electron chi connectivity index (χ3n) is 5.49. The van der Waals surface area contributed by atoms with E-state index in [9.17, 15) is 13.2 Å². The van der Waals surface area contributed by atoms with Gasteiger partial charge in [0.05, 0.1) is 33.3 Å². The first-order valence-corrected chi connectivity index (χ1v) is 12.3. The van der Waals surface area contributed by atoms with Crippen LogP contribution < -0.4 is 9.47 Å². The lowest BCUT2D eigenvalue weighted by atomic mass is 10.1. The molecule has 3 rings (SSSR count). The molecule has 0 aliphatic carbocycles. The predicted octanol–water partition coefficient (Wildman–Crippen LogP) is 2.41. The lowest BCUT2D eigenvalue weighted by molar-refractivity contribution is -0.129. The number of benzene rings is 2. The number of nitrogens with zero attached hydrogens (tertiary/aromatic N) is 2. The van der Waals surface area contributed by atoms with Crippen molar-refractivity contribution in [3.05, 3.63) is 53.1 Å². The zero-order valence-corrected chi connectivity index (χ0v) is 20.5. The van der Waals surface area contributed by atoms with Crippen molar-refractivity contribution < 1.29 is 27.4 Å². The second-order valence-corrected chi connectivity index (χ2v) is 10.1. The van der Waals surface area contributed by atoms with Gasteiger partial charge in [0.25, 0.3) is 0 Å². The standard InChI is InChI=1S/C24H32N2O6S/c1-18-13-19(2)15-21(14-18)32-12-7-25(3)24(27)17-20-5-6-22(30-4)23(16-20)33(28,29)26-8-10-31-11-9-26/h5-6,13-16H,7-12,17H2,1-4H3. The number of sulfonamides is 1. The molecule has 0 saturated carbocycles. The third-order valence-corrected chi connectivity index (χ3v) is 7.41. The van der Waals surface area contributed by atoms with Gasteiger partial charge in [-0.25, -0.2) is 8.42 Å². The van der Waals surface area contributed by atoms with Crippen LogP contribution in [0.5, 0.6) is 11.5 Å². The SMILES string of the molecule is COc1ccc(CC(=O)N(C)CCOc2cc(C)cc(C)c2)cc1S(=O)(=O)N1CCOCC1. The van der Waals surface area contributed by atoms with Gasteiger partial charge in [-0.2, -0.15) is 4.31 Å². The molecular weight excluding hydrogens is 444 g/mol. The van der Waals surface area contributed by atoms with Gasteiger partial charge in [-0.3, -0.25) is 4.79 Å². The topological polar surface area (TPSA) is 85.4 Å². The molecule has 0 radical (unpaired) electrons. The van der Waals surface area contributed by atoms with Crippen LogP contribution in [0.15, 0.2) is 41.3 Å². The van der Waals surface area contributed by atoms with Crippen molar-refractivity contribution in [2.75, 3.05) is 53.6 Å². The summed E-state index contributed by atoms with van der Waals surface area (Å²) < 4.78 is 44.0. The highest BCUT2D eigenvalue weighted by Crippen LogP contribution is 2.28. The van der Waals surface area contributed by atoms with E-state index in [4.69, 9.17) is 14.2 Å². The Labute approximate surface area is 196 Å². The van der Waals surface area contributed by atoms with E-state index in [1.807, 2.05) is 26.0 Å². The Balaban J connectivity index is 1.64. The highest BCUT2D eigenvalue weighted by molar-refractivity contribution is 7.89.